The number of hydrogen-bond donors (Lipinski definition) is 1. The SMILES string of the molecule is N#Cc1ccc(C#N)c2[nH]c(C(F)(F)C(F)(F)F)nc12.[Li]. The number of fused-ring (bicyclic) bond motifs is 1. The predicted molar refractivity (Wildman–Crippen MR) is 61.2 cm³/mol. The number of H-pyrrole nitrogens is 1. The van der Waals surface area contributed by atoms with Gasteiger partial charge in [-0.05, 0) is 12.1 Å². The van der Waals surface area contributed by atoms with Crippen molar-refractivity contribution in [1.82, 2.24) is 9.97 Å². The van der Waals surface area contributed by atoms with Crippen molar-refractivity contribution in [3.05, 3.63) is 29.1 Å². The van der Waals surface area contributed by atoms with Crippen LogP contribution < -0.4 is 0 Å². The molecule has 0 aliphatic carbocycles. The maximum Gasteiger partial charge on any atom is 0.461 e. The van der Waals surface area contributed by atoms with Gasteiger partial charge in [0.2, 0.25) is 0 Å². The van der Waals surface area contributed by atoms with Crippen molar-refractivity contribution in [1.29, 1.82) is 10.5 Å². The number of rotatable bonds is 1. The number of nitriles is 2. The van der Waals surface area contributed by atoms with Gasteiger partial charge in [0.05, 0.1) is 16.6 Å². The van der Waals surface area contributed by atoms with Crippen LogP contribution in [0, 0.1) is 22.7 Å². The van der Waals surface area contributed by atoms with Gasteiger partial charge >= 0.3 is 12.1 Å². The molecule has 0 bridgehead atoms. The number of nitrogens with one attached hydrogen (secondary N) is 1. The number of nitrogens with zero attached hydrogens (tertiary/aromatic N) is 3. The fraction of sp³-hybridized carbons (Fsp3) is 0.182. The van der Waals surface area contributed by atoms with Crippen molar-refractivity contribution in [2.75, 3.05) is 0 Å². The number of aromatic amines is 1. The first-order valence-electron chi connectivity index (χ1n) is 5.00. The van der Waals surface area contributed by atoms with Crippen molar-refractivity contribution in [2.45, 2.75) is 12.1 Å². The van der Waals surface area contributed by atoms with Crippen LogP contribution in [0.4, 0.5) is 22.0 Å². The fourth-order valence-corrected chi connectivity index (χ4v) is 1.56. The summed E-state index contributed by atoms with van der Waals surface area (Å²) in [6, 6.07) is 5.48. The summed E-state index contributed by atoms with van der Waals surface area (Å²) in [5.41, 5.74) is -1.12. The number of halogens is 5. The maximum atomic E-state index is 13.2. The van der Waals surface area contributed by atoms with Crippen molar-refractivity contribution < 1.29 is 22.0 Å². The molecule has 0 aliphatic heterocycles. The molecule has 2 aromatic rings. The molecule has 21 heavy (non-hydrogen) atoms. The van der Waals surface area contributed by atoms with E-state index >= 15 is 0 Å². The monoisotopic (exact) mass is 293 g/mol. The van der Waals surface area contributed by atoms with E-state index in [1.54, 1.807) is 17.1 Å². The van der Waals surface area contributed by atoms with Crippen LogP contribution in [0.25, 0.3) is 11.0 Å². The van der Waals surface area contributed by atoms with Gasteiger partial charge in [-0.2, -0.15) is 32.5 Å². The number of imidazole rings is 1. The molecule has 1 aromatic heterocycles. The zero-order valence-electron chi connectivity index (χ0n) is 10.4. The van der Waals surface area contributed by atoms with E-state index in [-0.39, 0.29) is 35.5 Å². The summed E-state index contributed by atoms with van der Waals surface area (Å²) >= 11 is 0. The smallest absolute Gasteiger partial charge is 0.335 e. The predicted octanol–water partition coefficient (Wildman–Crippen LogP) is 2.58. The van der Waals surface area contributed by atoms with E-state index in [0.29, 0.717) is 0 Å². The quantitative estimate of drug-likeness (QED) is 0.648. The van der Waals surface area contributed by atoms with Gasteiger partial charge in [0, 0.05) is 18.9 Å². The van der Waals surface area contributed by atoms with Crippen LogP contribution in [-0.2, 0) is 5.92 Å². The third kappa shape index (κ3) is 2.58. The Balaban J connectivity index is 0.00000220. The molecule has 2 rings (SSSR count). The van der Waals surface area contributed by atoms with Crippen LogP contribution in [0.3, 0.4) is 0 Å². The first-order valence-corrected chi connectivity index (χ1v) is 5.00. The summed E-state index contributed by atoms with van der Waals surface area (Å²) in [6.45, 7) is 0. The van der Waals surface area contributed by atoms with Gasteiger partial charge < -0.3 is 4.98 Å². The van der Waals surface area contributed by atoms with E-state index in [1.165, 1.54) is 0 Å². The van der Waals surface area contributed by atoms with E-state index in [9.17, 15) is 22.0 Å². The van der Waals surface area contributed by atoms with Crippen molar-refractivity contribution in [3.63, 3.8) is 0 Å². The van der Waals surface area contributed by atoms with Crippen LogP contribution >= 0.6 is 0 Å². The Morgan fingerprint density at radius 2 is 1.52 bits per heavy atom. The summed E-state index contributed by atoms with van der Waals surface area (Å²) in [5, 5.41) is 17.6. The molecule has 1 radical (unpaired) electrons. The normalized spacial score (nSPS) is 11.6. The van der Waals surface area contributed by atoms with Crippen LogP contribution in [0.1, 0.15) is 17.0 Å². The zero-order valence-corrected chi connectivity index (χ0v) is 10.4. The van der Waals surface area contributed by atoms with Crippen molar-refractivity contribution in [2.24, 2.45) is 0 Å². The molecule has 1 N–H and O–H groups in total. The van der Waals surface area contributed by atoms with Gasteiger partial charge in [0.1, 0.15) is 17.7 Å². The summed E-state index contributed by atoms with van der Waals surface area (Å²) in [4.78, 5) is 4.91. The summed E-state index contributed by atoms with van der Waals surface area (Å²) in [5.74, 6) is -6.86. The molecule has 0 saturated heterocycles. The Kier molecular flexibility index (Phi) is 4.34. The van der Waals surface area contributed by atoms with E-state index in [0.717, 1.165) is 12.1 Å². The first kappa shape index (κ1) is 17.0. The summed E-state index contributed by atoms with van der Waals surface area (Å²) < 4.78 is 63.2. The molecule has 0 atom stereocenters. The van der Waals surface area contributed by atoms with Gasteiger partial charge in [-0.25, -0.2) is 4.98 Å². The number of aromatic nitrogens is 2. The summed E-state index contributed by atoms with van der Waals surface area (Å²) in [6.07, 6.45) is -5.83. The number of hydrogen-bond acceptors (Lipinski definition) is 3. The minimum absolute atomic E-state index is 0. The molecule has 0 unspecified atom stereocenters. The zero-order chi connectivity index (χ0) is 15.1. The van der Waals surface area contributed by atoms with Crippen molar-refractivity contribution >= 4 is 29.9 Å². The van der Waals surface area contributed by atoms with Gasteiger partial charge in [0.25, 0.3) is 0 Å². The van der Waals surface area contributed by atoms with Crippen LogP contribution in [0.2, 0.25) is 0 Å². The Labute approximate surface area is 126 Å². The van der Waals surface area contributed by atoms with E-state index in [2.05, 4.69) is 4.98 Å². The molecule has 1 heterocycles. The average Bonchev–Trinajstić information content (AvgIpc) is 2.81. The minimum Gasteiger partial charge on any atom is -0.335 e. The van der Waals surface area contributed by atoms with Gasteiger partial charge in [-0.3, -0.25) is 0 Å². The molecule has 10 heteroatoms. The second kappa shape index (κ2) is 5.36. The standard InChI is InChI=1S/C11H3F5N4.Li/c12-10(13,11(14,15)16)9-19-7-5(3-17)1-2-6(4-18)8(7)20-9;/h1-2H,(H,19,20);. The summed E-state index contributed by atoms with van der Waals surface area (Å²) in [7, 11) is 0. The second-order valence-electron chi connectivity index (χ2n) is 3.77. The molecule has 0 amide bonds. The Morgan fingerprint density at radius 3 is 2.00 bits per heavy atom. The largest absolute Gasteiger partial charge is 0.461 e. The molecule has 0 aliphatic rings. The molecule has 1 aromatic carbocycles. The molecule has 0 spiro atoms. The molecule has 0 fully saturated rings. The third-order valence-electron chi connectivity index (χ3n) is 2.54. The van der Waals surface area contributed by atoms with Gasteiger partial charge in [0.15, 0.2) is 5.82 Å². The molecular formula is C11H3F5LiN4. The molecule has 103 valence electrons. The Bertz CT molecular complexity index is 715. The van der Waals surface area contributed by atoms with E-state index < -0.39 is 23.4 Å². The molecule has 0 saturated carbocycles. The van der Waals surface area contributed by atoms with Crippen LogP contribution in [0.15, 0.2) is 12.1 Å². The van der Waals surface area contributed by atoms with E-state index in [1.807, 2.05) is 0 Å². The van der Waals surface area contributed by atoms with Gasteiger partial charge in [-0.15, -0.1) is 0 Å². The molecule has 4 nitrogen and oxygen atoms in total. The van der Waals surface area contributed by atoms with Gasteiger partial charge in [-0.1, -0.05) is 0 Å². The van der Waals surface area contributed by atoms with E-state index in [4.69, 9.17) is 10.5 Å². The second-order valence-corrected chi connectivity index (χ2v) is 3.77. The van der Waals surface area contributed by atoms with Crippen molar-refractivity contribution in [3.8, 4) is 12.1 Å². The maximum absolute atomic E-state index is 13.2. The number of alkyl halides is 5. The average molecular weight is 293 g/mol. The topological polar surface area (TPSA) is 76.3 Å². The first-order chi connectivity index (χ1) is 9.22. The molecular weight excluding hydrogens is 290 g/mol. The number of benzene rings is 1. The van der Waals surface area contributed by atoms with Crippen LogP contribution in [0.5, 0.6) is 0 Å². The minimum atomic E-state index is -5.83. The Morgan fingerprint density at radius 1 is 1.00 bits per heavy atom. The Hall–Kier alpha value is -2.08. The third-order valence-corrected chi connectivity index (χ3v) is 2.54. The fourth-order valence-electron chi connectivity index (χ4n) is 1.56. The van der Waals surface area contributed by atoms with Crippen LogP contribution in [-0.4, -0.2) is 35.0 Å².